The first-order valence-electron chi connectivity index (χ1n) is 13.4. The number of ether oxygens (including phenoxy) is 1. The standard InChI is InChI=1S/C28H37N5O8S/c1-4-41-25(35)10-6-5-8-22(31-26(36)20-11-13-21(14-12-20)42(29,39)40)27(37)32-23-9-7-17-33(28(23)38)18-24(34)30-16-15-19(2)3/h6-7,9-14,17,19,22H,4-5,8,15-16,18H2,1-3H3,(H,30,34)(H,31,36)(H,32,37)(H2,29,39,40)/b10-6+/t22-/m0/s1. The fourth-order valence-electron chi connectivity index (χ4n) is 3.63. The normalized spacial score (nSPS) is 12.1. The van der Waals surface area contributed by atoms with Gasteiger partial charge >= 0.3 is 5.97 Å². The van der Waals surface area contributed by atoms with Crippen molar-refractivity contribution in [1.82, 2.24) is 15.2 Å². The highest BCUT2D eigenvalue weighted by Gasteiger charge is 2.23. The van der Waals surface area contributed by atoms with Crippen molar-refractivity contribution < 1.29 is 32.3 Å². The lowest BCUT2D eigenvalue weighted by Crippen LogP contribution is -2.44. The average Bonchev–Trinajstić information content (AvgIpc) is 2.92. The van der Waals surface area contributed by atoms with Gasteiger partial charge in [0.05, 0.1) is 11.5 Å². The molecule has 2 rings (SSSR count). The third kappa shape index (κ3) is 11.3. The number of hydrogen-bond donors (Lipinski definition) is 4. The summed E-state index contributed by atoms with van der Waals surface area (Å²) in [5.74, 6) is -1.91. The van der Waals surface area contributed by atoms with E-state index in [2.05, 4.69) is 16.0 Å². The van der Waals surface area contributed by atoms with Crippen molar-refractivity contribution in [3.05, 3.63) is 70.7 Å². The summed E-state index contributed by atoms with van der Waals surface area (Å²) >= 11 is 0. The summed E-state index contributed by atoms with van der Waals surface area (Å²) in [6.45, 7) is 6.14. The Hall–Kier alpha value is -4.30. The van der Waals surface area contributed by atoms with Gasteiger partial charge < -0.3 is 25.3 Å². The number of amides is 3. The molecular formula is C28H37N5O8S. The van der Waals surface area contributed by atoms with Crippen LogP contribution < -0.4 is 26.6 Å². The maximum Gasteiger partial charge on any atom is 0.330 e. The molecule has 1 atom stereocenters. The molecule has 0 bridgehead atoms. The van der Waals surface area contributed by atoms with Gasteiger partial charge in [-0.15, -0.1) is 0 Å². The number of carbonyl (C=O) groups is 4. The van der Waals surface area contributed by atoms with E-state index in [0.717, 1.165) is 23.1 Å². The fourth-order valence-corrected chi connectivity index (χ4v) is 4.14. The Morgan fingerprint density at radius 2 is 1.76 bits per heavy atom. The Morgan fingerprint density at radius 1 is 1.07 bits per heavy atom. The predicted molar refractivity (Wildman–Crippen MR) is 156 cm³/mol. The van der Waals surface area contributed by atoms with E-state index in [1.807, 2.05) is 13.8 Å². The molecule has 1 heterocycles. The molecule has 3 amide bonds. The zero-order valence-corrected chi connectivity index (χ0v) is 24.6. The van der Waals surface area contributed by atoms with Crippen molar-refractivity contribution in [3.63, 3.8) is 0 Å². The van der Waals surface area contributed by atoms with Crippen LogP contribution >= 0.6 is 0 Å². The van der Waals surface area contributed by atoms with Crippen molar-refractivity contribution in [2.75, 3.05) is 18.5 Å². The summed E-state index contributed by atoms with van der Waals surface area (Å²) in [6.07, 6.45) is 5.13. The van der Waals surface area contributed by atoms with Gasteiger partial charge in [-0.3, -0.25) is 19.2 Å². The van der Waals surface area contributed by atoms with Crippen molar-refractivity contribution in [2.24, 2.45) is 11.1 Å². The number of carbonyl (C=O) groups excluding carboxylic acids is 4. The van der Waals surface area contributed by atoms with Crippen LogP contribution in [0.3, 0.4) is 0 Å². The minimum atomic E-state index is -3.96. The maximum atomic E-state index is 13.2. The first-order valence-corrected chi connectivity index (χ1v) is 14.9. The summed E-state index contributed by atoms with van der Waals surface area (Å²) < 4.78 is 29.0. The Labute approximate surface area is 244 Å². The third-order valence-electron chi connectivity index (χ3n) is 5.87. The van der Waals surface area contributed by atoms with Gasteiger partial charge in [0, 0.05) is 24.4 Å². The molecule has 42 heavy (non-hydrogen) atoms. The molecule has 1 aromatic carbocycles. The molecule has 0 aliphatic heterocycles. The molecule has 0 aliphatic carbocycles. The molecule has 0 spiro atoms. The van der Waals surface area contributed by atoms with E-state index in [4.69, 9.17) is 9.88 Å². The summed E-state index contributed by atoms with van der Waals surface area (Å²) in [4.78, 5) is 62.7. The summed E-state index contributed by atoms with van der Waals surface area (Å²) in [7, 11) is -3.96. The van der Waals surface area contributed by atoms with Crippen LogP contribution in [0.15, 0.2) is 64.4 Å². The second-order valence-electron chi connectivity index (χ2n) is 9.70. The zero-order chi connectivity index (χ0) is 31.3. The zero-order valence-electron chi connectivity index (χ0n) is 23.8. The van der Waals surface area contributed by atoms with E-state index in [1.54, 1.807) is 6.92 Å². The van der Waals surface area contributed by atoms with Gasteiger partial charge in [-0.05, 0) is 68.5 Å². The summed E-state index contributed by atoms with van der Waals surface area (Å²) in [6, 6.07) is 6.52. The fraction of sp³-hybridized carbons (Fsp3) is 0.393. The number of aromatic nitrogens is 1. The molecule has 0 saturated heterocycles. The van der Waals surface area contributed by atoms with E-state index >= 15 is 0 Å². The Morgan fingerprint density at radius 3 is 2.38 bits per heavy atom. The van der Waals surface area contributed by atoms with E-state index in [9.17, 15) is 32.4 Å². The van der Waals surface area contributed by atoms with E-state index < -0.39 is 39.4 Å². The lowest BCUT2D eigenvalue weighted by molar-refractivity contribution is -0.137. The second-order valence-corrected chi connectivity index (χ2v) is 11.3. The highest BCUT2D eigenvalue weighted by Crippen LogP contribution is 2.11. The van der Waals surface area contributed by atoms with Gasteiger partial charge in [0.2, 0.25) is 21.8 Å². The number of sulfonamides is 1. The van der Waals surface area contributed by atoms with E-state index in [1.165, 1.54) is 42.6 Å². The van der Waals surface area contributed by atoms with Gasteiger partial charge in [-0.25, -0.2) is 18.4 Å². The quantitative estimate of drug-likeness (QED) is 0.173. The number of primary sulfonamides is 1. The second kappa shape index (κ2) is 16.2. The first-order chi connectivity index (χ1) is 19.8. The molecule has 0 unspecified atom stereocenters. The SMILES string of the molecule is CCOC(=O)/C=C/CC[C@H](NC(=O)c1ccc(S(N)(=O)=O)cc1)C(=O)Nc1cccn(CC(=O)NCCC(C)C)c1=O. The summed E-state index contributed by atoms with van der Waals surface area (Å²) in [5.41, 5.74) is -0.653. The smallest absolute Gasteiger partial charge is 0.330 e. The molecule has 2 aromatic rings. The predicted octanol–water partition coefficient (Wildman–Crippen LogP) is 1.29. The number of esters is 1. The van der Waals surface area contributed by atoms with Crippen molar-refractivity contribution in [2.45, 2.75) is 57.5 Å². The number of nitrogens with zero attached hydrogens (tertiary/aromatic N) is 1. The average molecular weight is 604 g/mol. The molecule has 0 fully saturated rings. The largest absolute Gasteiger partial charge is 0.463 e. The number of pyridine rings is 1. The molecule has 0 radical (unpaired) electrons. The van der Waals surface area contributed by atoms with E-state index in [0.29, 0.717) is 12.5 Å². The highest BCUT2D eigenvalue weighted by molar-refractivity contribution is 7.89. The maximum absolute atomic E-state index is 13.2. The number of rotatable bonds is 15. The highest BCUT2D eigenvalue weighted by atomic mass is 32.2. The topological polar surface area (TPSA) is 196 Å². The molecule has 1 aromatic heterocycles. The Balaban J connectivity index is 2.19. The number of nitrogens with two attached hydrogens (primary N) is 1. The van der Waals surface area contributed by atoms with Crippen molar-refractivity contribution in [1.29, 1.82) is 0 Å². The van der Waals surface area contributed by atoms with E-state index in [-0.39, 0.29) is 48.0 Å². The van der Waals surface area contributed by atoms with Crippen LogP contribution in [0.25, 0.3) is 0 Å². The first kappa shape index (κ1) is 33.9. The molecule has 0 saturated carbocycles. The molecule has 0 aliphatic rings. The van der Waals surface area contributed by atoms with Crippen molar-refractivity contribution >= 4 is 39.4 Å². The molecule has 228 valence electrons. The van der Waals surface area contributed by atoms with Gasteiger partial charge in [-0.1, -0.05) is 19.9 Å². The number of benzene rings is 1. The van der Waals surface area contributed by atoms with Crippen LogP contribution in [0.4, 0.5) is 5.69 Å². The van der Waals surface area contributed by atoms with Gasteiger partial charge in [0.25, 0.3) is 11.5 Å². The lowest BCUT2D eigenvalue weighted by atomic mass is 10.1. The molecular weight excluding hydrogens is 566 g/mol. The number of anilines is 1. The molecule has 5 N–H and O–H groups in total. The Kier molecular flexibility index (Phi) is 13.1. The number of hydrogen-bond acceptors (Lipinski definition) is 8. The van der Waals surface area contributed by atoms with Crippen LogP contribution in [0.1, 0.15) is 50.4 Å². The van der Waals surface area contributed by atoms with Gasteiger partial charge in [-0.2, -0.15) is 0 Å². The van der Waals surface area contributed by atoms with Crippen LogP contribution in [0, 0.1) is 5.92 Å². The third-order valence-corrected chi connectivity index (χ3v) is 6.79. The lowest BCUT2D eigenvalue weighted by Gasteiger charge is -2.18. The molecule has 14 heteroatoms. The minimum Gasteiger partial charge on any atom is -0.463 e. The van der Waals surface area contributed by atoms with Crippen LogP contribution in [-0.2, 0) is 35.7 Å². The Bertz CT molecular complexity index is 1450. The molecule has 13 nitrogen and oxygen atoms in total. The van der Waals surface area contributed by atoms with Gasteiger partial charge in [0.15, 0.2) is 0 Å². The van der Waals surface area contributed by atoms with Gasteiger partial charge in [0.1, 0.15) is 18.3 Å². The van der Waals surface area contributed by atoms with Crippen molar-refractivity contribution in [3.8, 4) is 0 Å². The van der Waals surface area contributed by atoms with Crippen LogP contribution in [0.2, 0.25) is 0 Å². The number of allylic oxidation sites excluding steroid dienone is 1. The summed E-state index contributed by atoms with van der Waals surface area (Å²) in [5, 5.41) is 12.9. The minimum absolute atomic E-state index is 0.0437. The van der Waals surface area contributed by atoms with Crippen LogP contribution in [0.5, 0.6) is 0 Å². The van der Waals surface area contributed by atoms with Crippen LogP contribution in [-0.4, -0.2) is 55.9 Å². The monoisotopic (exact) mass is 603 g/mol. The number of nitrogens with one attached hydrogen (secondary N) is 3.